The summed E-state index contributed by atoms with van der Waals surface area (Å²) in [5, 5.41) is 8.91. The van der Waals surface area contributed by atoms with Gasteiger partial charge in [-0.15, -0.1) is 0 Å². The first-order valence-electron chi connectivity index (χ1n) is 5.35. The second-order valence-corrected chi connectivity index (χ2v) is 4.36. The van der Waals surface area contributed by atoms with Crippen LogP contribution in [0.15, 0.2) is 27.4 Å². The number of benzene rings is 1. The number of fused-ring (bicyclic) bond motifs is 1. The third kappa shape index (κ3) is 2.08. The summed E-state index contributed by atoms with van der Waals surface area (Å²) in [4.78, 5) is 22.5. The molecule has 5 nitrogen and oxygen atoms in total. The van der Waals surface area contributed by atoms with Gasteiger partial charge in [0.2, 0.25) is 0 Å². The summed E-state index contributed by atoms with van der Waals surface area (Å²) in [5.74, 6) is -1.19. The quantitative estimate of drug-likeness (QED) is 0.882. The smallest absolute Gasteiger partial charge is 0.419 e. The van der Waals surface area contributed by atoms with Gasteiger partial charge in [0.25, 0.3) is 0 Å². The maximum Gasteiger partial charge on any atom is 0.419 e. The SMILES string of the molecule is CC(C)Cn1c(=O)oc2ccc(C(=O)O)cc21. The van der Waals surface area contributed by atoms with Crippen LogP contribution in [0.1, 0.15) is 24.2 Å². The van der Waals surface area contributed by atoms with Gasteiger partial charge in [-0.2, -0.15) is 0 Å². The summed E-state index contributed by atoms with van der Waals surface area (Å²) in [6, 6.07) is 4.40. The monoisotopic (exact) mass is 235 g/mol. The molecule has 0 radical (unpaired) electrons. The van der Waals surface area contributed by atoms with Crippen molar-refractivity contribution >= 4 is 17.1 Å². The van der Waals surface area contributed by atoms with Gasteiger partial charge in [0.15, 0.2) is 5.58 Å². The van der Waals surface area contributed by atoms with Crippen molar-refractivity contribution in [2.24, 2.45) is 5.92 Å². The van der Waals surface area contributed by atoms with Crippen molar-refractivity contribution in [3.05, 3.63) is 34.3 Å². The number of hydrogen-bond acceptors (Lipinski definition) is 3. The predicted octanol–water partition coefficient (Wildman–Crippen LogP) is 1.95. The van der Waals surface area contributed by atoms with E-state index in [1.165, 1.54) is 22.8 Å². The number of hydrogen-bond donors (Lipinski definition) is 1. The van der Waals surface area contributed by atoms with Gasteiger partial charge >= 0.3 is 11.7 Å². The lowest BCUT2D eigenvalue weighted by molar-refractivity contribution is 0.0697. The molecule has 17 heavy (non-hydrogen) atoms. The van der Waals surface area contributed by atoms with Crippen molar-refractivity contribution in [1.29, 1.82) is 0 Å². The van der Waals surface area contributed by atoms with Gasteiger partial charge in [-0.05, 0) is 24.1 Å². The predicted molar refractivity (Wildman–Crippen MR) is 62.3 cm³/mol. The van der Waals surface area contributed by atoms with Crippen LogP contribution in [0.5, 0.6) is 0 Å². The zero-order valence-electron chi connectivity index (χ0n) is 9.64. The molecule has 90 valence electrons. The van der Waals surface area contributed by atoms with Gasteiger partial charge in [-0.3, -0.25) is 4.57 Å². The number of nitrogens with zero attached hydrogens (tertiary/aromatic N) is 1. The van der Waals surface area contributed by atoms with Crippen LogP contribution < -0.4 is 5.76 Å². The molecule has 0 unspecified atom stereocenters. The van der Waals surface area contributed by atoms with E-state index in [1.807, 2.05) is 13.8 Å². The molecule has 0 amide bonds. The van der Waals surface area contributed by atoms with E-state index in [0.717, 1.165) is 0 Å². The van der Waals surface area contributed by atoms with Crippen LogP contribution in [-0.4, -0.2) is 15.6 Å². The molecule has 2 aromatic rings. The summed E-state index contributed by atoms with van der Waals surface area (Å²) in [5.41, 5.74) is 1.10. The van der Waals surface area contributed by atoms with Crippen LogP contribution in [0.2, 0.25) is 0 Å². The third-order valence-electron chi connectivity index (χ3n) is 2.46. The van der Waals surface area contributed by atoms with Gasteiger partial charge in [-0.1, -0.05) is 13.8 Å². The molecule has 0 fully saturated rings. The highest BCUT2D eigenvalue weighted by molar-refractivity contribution is 5.91. The van der Waals surface area contributed by atoms with Crippen LogP contribution in [0, 0.1) is 5.92 Å². The summed E-state index contributed by atoms with van der Waals surface area (Å²) in [6.45, 7) is 4.47. The Morgan fingerprint density at radius 2 is 2.18 bits per heavy atom. The molecule has 0 bridgehead atoms. The molecule has 0 atom stereocenters. The Morgan fingerprint density at radius 3 is 2.76 bits per heavy atom. The Labute approximate surface area is 97.3 Å². The minimum absolute atomic E-state index is 0.149. The number of carboxylic acids is 1. The lowest BCUT2D eigenvalue weighted by Gasteiger charge is -2.05. The zero-order chi connectivity index (χ0) is 12.6. The highest BCUT2D eigenvalue weighted by Gasteiger charge is 2.12. The van der Waals surface area contributed by atoms with E-state index in [0.29, 0.717) is 17.6 Å². The van der Waals surface area contributed by atoms with Crippen molar-refractivity contribution in [3.63, 3.8) is 0 Å². The molecule has 2 rings (SSSR count). The fourth-order valence-corrected chi connectivity index (χ4v) is 1.73. The van der Waals surface area contributed by atoms with E-state index in [9.17, 15) is 9.59 Å². The standard InChI is InChI=1S/C12H13NO4/c1-7(2)6-13-9-5-8(11(14)15)3-4-10(9)17-12(13)16/h3-5,7H,6H2,1-2H3,(H,14,15). The van der Waals surface area contributed by atoms with Gasteiger partial charge in [0.05, 0.1) is 11.1 Å². The summed E-state index contributed by atoms with van der Waals surface area (Å²) in [7, 11) is 0. The molecular formula is C12H13NO4. The highest BCUT2D eigenvalue weighted by Crippen LogP contribution is 2.16. The normalized spacial score (nSPS) is 11.2. The van der Waals surface area contributed by atoms with Gasteiger partial charge < -0.3 is 9.52 Å². The van der Waals surface area contributed by atoms with Gasteiger partial charge in [-0.25, -0.2) is 9.59 Å². The average Bonchev–Trinajstić information content (AvgIpc) is 2.54. The molecule has 1 aromatic carbocycles. The second kappa shape index (κ2) is 4.08. The van der Waals surface area contributed by atoms with Crippen LogP contribution in [0.4, 0.5) is 0 Å². The van der Waals surface area contributed by atoms with Crippen molar-refractivity contribution in [3.8, 4) is 0 Å². The number of aromatic nitrogens is 1. The lowest BCUT2D eigenvalue weighted by atomic mass is 10.2. The van der Waals surface area contributed by atoms with E-state index in [1.54, 1.807) is 0 Å². The first-order chi connectivity index (χ1) is 7.99. The summed E-state index contributed by atoms with van der Waals surface area (Å²) < 4.78 is 6.51. The summed E-state index contributed by atoms with van der Waals surface area (Å²) in [6.07, 6.45) is 0. The minimum Gasteiger partial charge on any atom is -0.478 e. The van der Waals surface area contributed by atoms with Crippen LogP contribution in [-0.2, 0) is 6.54 Å². The topological polar surface area (TPSA) is 72.4 Å². The Balaban J connectivity index is 2.65. The maximum absolute atomic E-state index is 11.6. The molecule has 5 heteroatoms. The Bertz CT molecular complexity index is 621. The third-order valence-corrected chi connectivity index (χ3v) is 2.46. The molecule has 0 spiro atoms. The number of oxazole rings is 1. The fraction of sp³-hybridized carbons (Fsp3) is 0.333. The molecule has 1 aromatic heterocycles. The van der Waals surface area contributed by atoms with E-state index in [4.69, 9.17) is 9.52 Å². The number of rotatable bonds is 3. The first kappa shape index (κ1) is 11.4. The number of aromatic carboxylic acids is 1. The summed E-state index contributed by atoms with van der Waals surface area (Å²) >= 11 is 0. The molecule has 0 aliphatic rings. The van der Waals surface area contributed by atoms with Crippen LogP contribution in [0.3, 0.4) is 0 Å². The lowest BCUT2D eigenvalue weighted by Crippen LogP contribution is -2.17. The van der Waals surface area contributed by atoms with E-state index < -0.39 is 11.7 Å². The van der Waals surface area contributed by atoms with Crippen molar-refractivity contribution in [2.75, 3.05) is 0 Å². The van der Waals surface area contributed by atoms with E-state index in [-0.39, 0.29) is 11.5 Å². The first-order valence-corrected chi connectivity index (χ1v) is 5.35. The van der Waals surface area contributed by atoms with Crippen LogP contribution >= 0.6 is 0 Å². The van der Waals surface area contributed by atoms with Gasteiger partial charge in [0.1, 0.15) is 0 Å². The molecule has 0 aliphatic heterocycles. The Kier molecular flexibility index (Phi) is 2.75. The van der Waals surface area contributed by atoms with E-state index in [2.05, 4.69) is 0 Å². The average molecular weight is 235 g/mol. The second-order valence-electron chi connectivity index (χ2n) is 4.36. The molecule has 1 N–H and O–H groups in total. The molecular weight excluding hydrogens is 222 g/mol. The van der Waals surface area contributed by atoms with E-state index >= 15 is 0 Å². The largest absolute Gasteiger partial charge is 0.478 e. The highest BCUT2D eigenvalue weighted by atomic mass is 16.4. The maximum atomic E-state index is 11.6. The Morgan fingerprint density at radius 1 is 1.47 bits per heavy atom. The number of carboxylic acid groups (broad SMARTS) is 1. The van der Waals surface area contributed by atoms with Crippen molar-refractivity contribution in [2.45, 2.75) is 20.4 Å². The van der Waals surface area contributed by atoms with Crippen molar-refractivity contribution < 1.29 is 14.3 Å². The molecule has 0 saturated heterocycles. The number of carbonyl (C=O) groups is 1. The van der Waals surface area contributed by atoms with Crippen molar-refractivity contribution in [1.82, 2.24) is 4.57 Å². The zero-order valence-corrected chi connectivity index (χ0v) is 9.64. The molecule has 0 saturated carbocycles. The minimum atomic E-state index is -1.02. The van der Waals surface area contributed by atoms with Crippen LogP contribution in [0.25, 0.3) is 11.1 Å². The Hall–Kier alpha value is -2.04. The fourth-order valence-electron chi connectivity index (χ4n) is 1.73. The molecule has 1 heterocycles. The molecule has 0 aliphatic carbocycles. The van der Waals surface area contributed by atoms with Gasteiger partial charge in [0, 0.05) is 6.54 Å².